The zero-order valence-electron chi connectivity index (χ0n) is 15.9. The molecule has 1 aliphatic rings. The second-order valence-corrected chi connectivity index (χ2v) is 6.73. The average molecular weight is 347 g/mol. The van der Waals surface area contributed by atoms with E-state index >= 15 is 0 Å². The van der Waals surface area contributed by atoms with Crippen molar-refractivity contribution < 1.29 is 0 Å². The largest absolute Gasteiger partial charge is 0.384 e. The number of hydrogen-bond donors (Lipinski definition) is 1. The molecule has 0 saturated carbocycles. The topological polar surface area (TPSA) is 55.1 Å². The maximum atomic E-state index is 5.07. The van der Waals surface area contributed by atoms with Crippen LogP contribution in [0.15, 0.2) is 29.3 Å². The zero-order valence-corrected chi connectivity index (χ0v) is 15.9. The predicted molar refractivity (Wildman–Crippen MR) is 107 cm³/mol. The van der Waals surface area contributed by atoms with Crippen LogP contribution in [0.2, 0.25) is 0 Å². The molecule has 5 heteroatoms. The number of fused-ring (bicyclic) bond motifs is 3. The summed E-state index contributed by atoms with van der Waals surface area (Å²) >= 11 is 0. The molecule has 1 aliphatic carbocycles. The zero-order chi connectivity index (χ0) is 18.3. The van der Waals surface area contributed by atoms with Gasteiger partial charge >= 0.3 is 0 Å². The number of nitrogens with zero attached hydrogens (tertiary/aromatic N) is 4. The van der Waals surface area contributed by atoms with Gasteiger partial charge in [-0.05, 0) is 39.2 Å². The lowest BCUT2D eigenvalue weighted by molar-refractivity contribution is 0.773. The molecule has 0 spiro atoms. The number of nitrogens with one attached hydrogen (secondary N) is 1. The van der Waals surface area contributed by atoms with Crippen LogP contribution < -0.4 is 5.32 Å². The van der Waals surface area contributed by atoms with Gasteiger partial charge in [0.15, 0.2) is 5.65 Å². The normalized spacial score (nSPS) is 15.0. The highest BCUT2D eigenvalue weighted by atomic mass is 15.3. The summed E-state index contributed by atoms with van der Waals surface area (Å²) in [5, 5.41) is 9.35. The number of pyridine rings is 1. The van der Waals surface area contributed by atoms with Gasteiger partial charge < -0.3 is 5.32 Å². The lowest BCUT2D eigenvalue weighted by Crippen LogP contribution is -2.13. The van der Waals surface area contributed by atoms with E-state index in [1.54, 1.807) is 0 Å². The van der Waals surface area contributed by atoms with E-state index in [0.717, 1.165) is 54.1 Å². The number of aliphatic imine (C=N–C) groups is 1. The molecule has 0 bridgehead atoms. The van der Waals surface area contributed by atoms with Crippen molar-refractivity contribution in [1.29, 1.82) is 0 Å². The first kappa shape index (κ1) is 16.8. The molecule has 0 aliphatic heterocycles. The Morgan fingerprint density at radius 2 is 2.00 bits per heavy atom. The van der Waals surface area contributed by atoms with E-state index in [-0.39, 0.29) is 0 Å². The van der Waals surface area contributed by atoms with Crippen molar-refractivity contribution in [3.8, 4) is 0 Å². The summed E-state index contributed by atoms with van der Waals surface area (Å²) in [7, 11) is 1.96. The van der Waals surface area contributed by atoms with Crippen LogP contribution in [-0.2, 0) is 19.9 Å². The number of anilines is 1. The Balaban J connectivity index is 2.09. The van der Waals surface area contributed by atoms with E-state index < -0.39 is 0 Å². The fourth-order valence-corrected chi connectivity index (χ4v) is 4.00. The smallest absolute Gasteiger partial charge is 0.160 e. The van der Waals surface area contributed by atoms with Gasteiger partial charge in [0.1, 0.15) is 0 Å². The maximum Gasteiger partial charge on any atom is 0.160 e. The van der Waals surface area contributed by atoms with Crippen LogP contribution in [0, 0.1) is 6.92 Å². The van der Waals surface area contributed by atoms with E-state index in [2.05, 4.69) is 55.5 Å². The molecule has 0 amide bonds. The minimum absolute atomic E-state index is 0.740. The molecular formula is C21H25N5. The fraction of sp³-hybridized carbons (Fsp3) is 0.381. The maximum absolute atomic E-state index is 5.07. The van der Waals surface area contributed by atoms with Gasteiger partial charge in [-0.2, -0.15) is 5.10 Å². The van der Waals surface area contributed by atoms with Crippen molar-refractivity contribution in [3.05, 3.63) is 52.3 Å². The molecule has 0 radical (unpaired) electrons. The Bertz CT molecular complexity index is 1010. The van der Waals surface area contributed by atoms with Gasteiger partial charge in [0.05, 0.1) is 28.2 Å². The van der Waals surface area contributed by atoms with Gasteiger partial charge in [-0.3, -0.25) is 9.67 Å². The minimum Gasteiger partial charge on any atom is -0.384 e. The Labute approximate surface area is 154 Å². The summed E-state index contributed by atoms with van der Waals surface area (Å²) in [5.41, 5.74) is 8.94. The Morgan fingerprint density at radius 3 is 2.77 bits per heavy atom. The van der Waals surface area contributed by atoms with Crippen molar-refractivity contribution in [3.63, 3.8) is 0 Å². The molecule has 3 aromatic rings. The van der Waals surface area contributed by atoms with Gasteiger partial charge in [-0.1, -0.05) is 24.3 Å². The van der Waals surface area contributed by atoms with E-state index in [1.807, 2.05) is 11.7 Å². The molecule has 0 fully saturated rings. The molecule has 26 heavy (non-hydrogen) atoms. The summed E-state index contributed by atoms with van der Waals surface area (Å²) in [4.78, 5) is 9.94. The predicted octanol–water partition coefficient (Wildman–Crippen LogP) is 3.66. The lowest BCUT2D eigenvalue weighted by atomic mass is 10.0. The van der Waals surface area contributed by atoms with Gasteiger partial charge in [0.25, 0.3) is 0 Å². The van der Waals surface area contributed by atoms with Crippen molar-refractivity contribution in [2.45, 2.75) is 33.6 Å². The Morgan fingerprint density at radius 1 is 1.19 bits per heavy atom. The minimum atomic E-state index is 0.740. The monoisotopic (exact) mass is 347 g/mol. The van der Waals surface area contributed by atoms with Crippen LogP contribution >= 0.6 is 0 Å². The Kier molecular flexibility index (Phi) is 4.23. The van der Waals surface area contributed by atoms with Crippen LogP contribution in [0.1, 0.15) is 41.9 Å². The first-order chi connectivity index (χ1) is 12.7. The lowest BCUT2D eigenvalue weighted by Gasteiger charge is -2.16. The number of rotatable bonds is 3. The number of aryl methyl sites for hydroxylation is 3. The van der Waals surface area contributed by atoms with Crippen LogP contribution in [0.5, 0.6) is 0 Å². The molecule has 1 N–H and O–H groups in total. The van der Waals surface area contributed by atoms with Crippen molar-refractivity contribution in [2.75, 3.05) is 18.4 Å². The average Bonchev–Trinajstić information content (AvgIpc) is 2.83. The van der Waals surface area contributed by atoms with Crippen molar-refractivity contribution >= 4 is 22.4 Å². The molecule has 1 aromatic carbocycles. The molecular weight excluding hydrogens is 322 g/mol. The highest BCUT2D eigenvalue weighted by molar-refractivity contribution is 6.16. The van der Waals surface area contributed by atoms with Gasteiger partial charge in [0, 0.05) is 31.3 Å². The van der Waals surface area contributed by atoms with Crippen molar-refractivity contribution in [2.24, 2.45) is 12.0 Å². The molecule has 0 unspecified atom stereocenters. The summed E-state index contributed by atoms with van der Waals surface area (Å²) in [5.74, 6) is 0. The summed E-state index contributed by atoms with van der Waals surface area (Å²) in [6, 6.07) is 8.59. The van der Waals surface area contributed by atoms with E-state index in [1.165, 1.54) is 22.4 Å². The molecule has 4 rings (SSSR count). The van der Waals surface area contributed by atoms with Crippen molar-refractivity contribution in [1.82, 2.24) is 14.8 Å². The second kappa shape index (κ2) is 6.56. The van der Waals surface area contributed by atoms with Gasteiger partial charge in [0.2, 0.25) is 0 Å². The quantitative estimate of drug-likeness (QED) is 0.786. The van der Waals surface area contributed by atoms with E-state index in [9.17, 15) is 0 Å². The summed E-state index contributed by atoms with van der Waals surface area (Å²) in [6.45, 7) is 7.88. The molecule has 2 aromatic heterocycles. The third kappa shape index (κ3) is 2.50. The van der Waals surface area contributed by atoms with Gasteiger partial charge in [-0.25, -0.2) is 4.98 Å². The fourth-order valence-electron chi connectivity index (χ4n) is 4.00. The number of benzene rings is 1. The third-order valence-electron chi connectivity index (χ3n) is 5.06. The summed E-state index contributed by atoms with van der Waals surface area (Å²) < 4.78 is 1.88. The van der Waals surface area contributed by atoms with E-state index in [0.29, 0.717) is 0 Å². The first-order valence-electron chi connectivity index (χ1n) is 9.38. The standard InChI is InChI=1S/C21H25N5/c1-5-22-18-16-12-11-14-9-7-8-10-15(14)19(23-6-2)20(16)24-21-17(18)13(3)25-26(21)4/h7-10H,5-6,11-12H2,1-4H3,(H,22,24). The summed E-state index contributed by atoms with van der Waals surface area (Å²) in [6.07, 6.45) is 1.95. The second-order valence-electron chi connectivity index (χ2n) is 6.73. The van der Waals surface area contributed by atoms with Gasteiger partial charge in [-0.15, -0.1) is 0 Å². The molecule has 2 heterocycles. The number of hydrogen-bond acceptors (Lipinski definition) is 4. The highest BCUT2D eigenvalue weighted by Crippen LogP contribution is 2.35. The molecule has 5 nitrogen and oxygen atoms in total. The van der Waals surface area contributed by atoms with Crippen LogP contribution in [0.4, 0.5) is 5.69 Å². The van der Waals surface area contributed by atoms with Crippen LogP contribution in [0.3, 0.4) is 0 Å². The molecule has 134 valence electrons. The van der Waals surface area contributed by atoms with Crippen LogP contribution in [-0.4, -0.2) is 33.6 Å². The Hall–Kier alpha value is -2.69. The van der Waals surface area contributed by atoms with Crippen LogP contribution in [0.25, 0.3) is 11.0 Å². The third-order valence-corrected chi connectivity index (χ3v) is 5.06. The molecule has 0 saturated heterocycles. The first-order valence-corrected chi connectivity index (χ1v) is 9.38. The molecule has 0 atom stereocenters. The number of aromatic nitrogens is 3. The SMILES string of the molecule is CCN=C1c2ccccc2CCc2c1nc1c(c(C)nn1C)c2NCC. The van der Waals surface area contributed by atoms with E-state index in [4.69, 9.17) is 9.98 Å². The highest BCUT2D eigenvalue weighted by Gasteiger charge is 2.26.